The molecule has 0 aliphatic heterocycles. The van der Waals surface area contributed by atoms with Crippen molar-refractivity contribution in [3.05, 3.63) is 12.7 Å². The second kappa shape index (κ2) is 17.8. The fourth-order valence-electron chi connectivity index (χ4n) is 2.84. The number of carboxylic acids is 2. The molecule has 2 atom stereocenters. The van der Waals surface area contributed by atoms with Crippen molar-refractivity contribution < 1.29 is 29.4 Å². The number of nitrogens with one attached hydrogen (secondary N) is 2. The fraction of sp³-hybridized carbons (Fsp3) is 0.714. The Labute approximate surface area is 183 Å². The van der Waals surface area contributed by atoms with Crippen LogP contribution in [0.15, 0.2) is 12.7 Å². The number of amides is 2. The molecule has 8 nitrogen and oxygen atoms in total. The zero-order valence-electron chi connectivity index (χ0n) is 17.8. The lowest BCUT2D eigenvalue weighted by molar-refractivity contribution is -0.310. The first-order valence-corrected chi connectivity index (χ1v) is 11.8. The zero-order chi connectivity index (χ0) is 22.8. The molecule has 0 aromatic carbocycles. The van der Waals surface area contributed by atoms with Gasteiger partial charge in [0.2, 0.25) is 11.8 Å². The SMILES string of the molecule is C=CCCCCCCCCC(=O)N[C@@H](CCSC)C(=O)N[C@@H](CCC(=O)[O-])C(=O)[O-]. The molecule has 0 aliphatic rings. The van der Waals surface area contributed by atoms with Crippen LogP contribution in [-0.4, -0.2) is 47.8 Å². The third kappa shape index (κ3) is 14.9. The molecule has 172 valence electrons. The Morgan fingerprint density at radius 1 is 0.900 bits per heavy atom. The lowest BCUT2D eigenvalue weighted by Gasteiger charge is -2.24. The smallest absolute Gasteiger partial charge is 0.243 e. The van der Waals surface area contributed by atoms with Crippen molar-refractivity contribution in [1.82, 2.24) is 10.6 Å². The highest BCUT2D eigenvalue weighted by atomic mass is 32.2. The van der Waals surface area contributed by atoms with Crippen molar-refractivity contribution in [2.24, 2.45) is 0 Å². The molecule has 9 heteroatoms. The lowest BCUT2D eigenvalue weighted by Crippen LogP contribution is -2.54. The van der Waals surface area contributed by atoms with E-state index < -0.39 is 36.4 Å². The van der Waals surface area contributed by atoms with Crippen LogP contribution in [0.5, 0.6) is 0 Å². The summed E-state index contributed by atoms with van der Waals surface area (Å²) in [5.74, 6) is -3.32. The summed E-state index contributed by atoms with van der Waals surface area (Å²) in [4.78, 5) is 46.4. The predicted molar refractivity (Wildman–Crippen MR) is 113 cm³/mol. The molecular formula is C21H34N2O6S-2. The third-order valence-electron chi connectivity index (χ3n) is 4.56. The van der Waals surface area contributed by atoms with E-state index in [1.54, 1.807) is 0 Å². The molecule has 0 aromatic heterocycles. The molecule has 0 radical (unpaired) electrons. The molecule has 0 saturated heterocycles. The highest BCUT2D eigenvalue weighted by Crippen LogP contribution is 2.09. The van der Waals surface area contributed by atoms with E-state index in [-0.39, 0.29) is 12.3 Å². The van der Waals surface area contributed by atoms with Gasteiger partial charge in [0.1, 0.15) is 6.04 Å². The first-order chi connectivity index (χ1) is 14.3. The number of rotatable bonds is 19. The normalized spacial score (nSPS) is 12.6. The summed E-state index contributed by atoms with van der Waals surface area (Å²) in [7, 11) is 0. The number of unbranched alkanes of at least 4 members (excludes halogenated alkanes) is 6. The van der Waals surface area contributed by atoms with E-state index in [0.717, 1.165) is 44.9 Å². The lowest BCUT2D eigenvalue weighted by atomic mass is 10.1. The molecule has 0 aromatic rings. The van der Waals surface area contributed by atoms with Crippen molar-refractivity contribution in [1.29, 1.82) is 0 Å². The molecule has 0 saturated carbocycles. The average molecular weight is 443 g/mol. The third-order valence-corrected chi connectivity index (χ3v) is 5.21. The second-order valence-electron chi connectivity index (χ2n) is 7.14. The van der Waals surface area contributed by atoms with E-state index >= 15 is 0 Å². The maximum atomic E-state index is 12.4. The topological polar surface area (TPSA) is 138 Å². The number of aliphatic carboxylic acids is 2. The Kier molecular flexibility index (Phi) is 16.6. The highest BCUT2D eigenvalue weighted by molar-refractivity contribution is 7.98. The summed E-state index contributed by atoms with van der Waals surface area (Å²) in [6.07, 6.45) is 10.6. The molecule has 0 fully saturated rings. The zero-order valence-corrected chi connectivity index (χ0v) is 18.6. The van der Waals surface area contributed by atoms with Gasteiger partial charge in [0, 0.05) is 12.4 Å². The minimum absolute atomic E-state index is 0.261. The largest absolute Gasteiger partial charge is 0.550 e. The van der Waals surface area contributed by atoms with Crippen LogP contribution in [0.3, 0.4) is 0 Å². The first kappa shape index (κ1) is 28.0. The van der Waals surface area contributed by atoms with Gasteiger partial charge in [-0.25, -0.2) is 0 Å². The van der Waals surface area contributed by atoms with Gasteiger partial charge in [-0.05, 0) is 50.5 Å². The molecule has 0 unspecified atom stereocenters. The molecule has 0 bridgehead atoms. The summed E-state index contributed by atoms with van der Waals surface area (Å²) >= 11 is 1.49. The van der Waals surface area contributed by atoms with Gasteiger partial charge >= 0.3 is 0 Å². The summed E-state index contributed by atoms with van der Waals surface area (Å²) in [5.41, 5.74) is 0. The second-order valence-corrected chi connectivity index (χ2v) is 8.13. The van der Waals surface area contributed by atoms with Gasteiger partial charge in [0.25, 0.3) is 0 Å². The molecule has 30 heavy (non-hydrogen) atoms. The Morgan fingerprint density at radius 2 is 1.53 bits per heavy atom. The molecular weight excluding hydrogens is 408 g/mol. The number of hydrogen-bond acceptors (Lipinski definition) is 7. The average Bonchev–Trinajstić information content (AvgIpc) is 2.69. The van der Waals surface area contributed by atoms with Crippen molar-refractivity contribution in [3.8, 4) is 0 Å². The number of carboxylic acid groups (broad SMARTS) is 2. The van der Waals surface area contributed by atoms with Crippen molar-refractivity contribution in [2.75, 3.05) is 12.0 Å². The molecule has 2 amide bonds. The van der Waals surface area contributed by atoms with Crippen LogP contribution < -0.4 is 20.8 Å². The van der Waals surface area contributed by atoms with Crippen LogP contribution in [0, 0.1) is 0 Å². The summed E-state index contributed by atoms with van der Waals surface area (Å²) in [5, 5.41) is 26.6. The molecule has 0 aliphatic carbocycles. The van der Waals surface area contributed by atoms with Gasteiger partial charge in [-0.15, -0.1) is 6.58 Å². The maximum absolute atomic E-state index is 12.4. The molecule has 0 spiro atoms. The van der Waals surface area contributed by atoms with Crippen LogP contribution in [-0.2, 0) is 19.2 Å². The van der Waals surface area contributed by atoms with E-state index in [0.29, 0.717) is 18.6 Å². The van der Waals surface area contributed by atoms with E-state index in [9.17, 15) is 29.4 Å². The van der Waals surface area contributed by atoms with Crippen LogP contribution in [0.25, 0.3) is 0 Å². The Morgan fingerprint density at radius 3 is 2.10 bits per heavy atom. The predicted octanol–water partition coefficient (Wildman–Crippen LogP) is 0.296. The summed E-state index contributed by atoms with van der Waals surface area (Å²) in [6.45, 7) is 3.69. The first-order valence-electron chi connectivity index (χ1n) is 10.4. The molecule has 0 rings (SSSR count). The highest BCUT2D eigenvalue weighted by Gasteiger charge is 2.23. The van der Waals surface area contributed by atoms with Crippen molar-refractivity contribution >= 4 is 35.5 Å². The van der Waals surface area contributed by atoms with E-state index in [1.807, 2.05) is 12.3 Å². The minimum Gasteiger partial charge on any atom is -0.550 e. The van der Waals surface area contributed by atoms with Gasteiger partial charge in [0.15, 0.2) is 0 Å². The standard InChI is InChI=1S/C21H36N2O6S/c1-3-4-5-6-7-8-9-10-11-18(24)22-16(14-15-30-2)20(27)23-17(21(28)29)12-13-19(25)26/h3,16-17H,1,4-15H2,2H3,(H,22,24)(H,23,27)(H,25,26)(H,28,29)/p-2/t16-,17-/m0/s1. The minimum atomic E-state index is -1.58. The molecule has 2 N–H and O–H groups in total. The van der Waals surface area contributed by atoms with Crippen molar-refractivity contribution in [3.63, 3.8) is 0 Å². The molecule has 0 heterocycles. The van der Waals surface area contributed by atoms with E-state index in [1.165, 1.54) is 11.8 Å². The van der Waals surface area contributed by atoms with Crippen LogP contribution in [0.4, 0.5) is 0 Å². The quantitative estimate of drug-likeness (QED) is 0.217. The van der Waals surface area contributed by atoms with E-state index in [4.69, 9.17) is 0 Å². The van der Waals surface area contributed by atoms with E-state index in [2.05, 4.69) is 17.2 Å². The Hall–Kier alpha value is -2.03. The number of hydrogen-bond donors (Lipinski definition) is 2. The number of allylic oxidation sites excluding steroid dienone is 1. The number of carbonyl (C=O) groups is 4. The maximum Gasteiger partial charge on any atom is 0.243 e. The summed E-state index contributed by atoms with van der Waals surface area (Å²) < 4.78 is 0. The Balaban J connectivity index is 4.47. The van der Waals surface area contributed by atoms with Crippen LogP contribution in [0.1, 0.15) is 70.6 Å². The van der Waals surface area contributed by atoms with Crippen LogP contribution >= 0.6 is 11.8 Å². The van der Waals surface area contributed by atoms with Gasteiger partial charge < -0.3 is 30.4 Å². The van der Waals surface area contributed by atoms with Crippen LogP contribution in [0.2, 0.25) is 0 Å². The van der Waals surface area contributed by atoms with Gasteiger partial charge in [-0.1, -0.05) is 31.8 Å². The van der Waals surface area contributed by atoms with Crippen molar-refractivity contribution in [2.45, 2.75) is 82.7 Å². The number of carbonyl (C=O) groups excluding carboxylic acids is 4. The van der Waals surface area contributed by atoms with Gasteiger partial charge in [0.05, 0.1) is 12.0 Å². The Bertz CT molecular complexity index is 556. The fourth-order valence-corrected chi connectivity index (χ4v) is 3.31. The van der Waals surface area contributed by atoms with Gasteiger partial charge in [-0.3, -0.25) is 9.59 Å². The monoisotopic (exact) mass is 442 g/mol. The summed E-state index contributed by atoms with van der Waals surface area (Å²) in [6, 6.07) is -2.33. The van der Waals surface area contributed by atoms with Gasteiger partial charge in [-0.2, -0.15) is 11.8 Å². The number of thioether (sulfide) groups is 1.